The van der Waals surface area contributed by atoms with E-state index in [0.717, 1.165) is 37.8 Å². The van der Waals surface area contributed by atoms with Crippen LogP contribution >= 0.6 is 0 Å². The number of amides is 2. The van der Waals surface area contributed by atoms with Gasteiger partial charge in [-0.15, -0.1) is 0 Å². The summed E-state index contributed by atoms with van der Waals surface area (Å²) in [5.74, 6) is 0.0493. The molecule has 2 bridgehead atoms. The lowest BCUT2D eigenvalue weighted by Gasteiger charge is -2.43. The number of rotatable bonds is 1. The van der Waals surface area contributed by atoms with E-state index in [2.05, 4.69) is 10.6 Å². The van der Waals surface area contributed by atoms with Crippen LogP contribution in [0.15, 0.2) is 24.3 Å². The van der Waals surface area contributed by atoms with Crippen molar-refractivity contribution in [2.45, 2.75) is 56.0 Å². The summed E-state index contributed by atoms with van der Waals surface area (Å²) in [4.78, 5) is 27.5. The van der Waals surface area contributed by atoms with E-state index in [1.807, 2.05) is 29.2 Å². The van der Waals surface area contributed by atoms with Gasteiger partial charge in [0, 0.05) is 24.8 Å². The van der Waals surface area contributed by atoms with Crippen LogP contribution in [0.1, 0.15) is 42.5 Å². The molecule has 3 fully saturated rings. The van der Waals surface area contributed by atoms with Crippen molar-refractivity contribution in [1.29, 1.82) is 0 Å². The maximum atomic E-state index is 12.9. The Morgan fingerprint density at radius 2 is 2.08 bits per heavy atom. The molecule has 5 rings (SSSR count). The third-order valence-corrected chi connectivity index (χ3v) is 5.95. The second-order valence-corrected chi connectivity index (χ2v) is 7.29. The van der Waals surface area contributed by atoms with Crippen LogP contribution in [-0.4, -0.2) is 47.2 Å². The van der Waals surface area contributed by atoms with Crippen molar-refractivity contribution in [1.82, 2.24) is 10.2 Å². The van der Waals surface area contributed by atoms with Gasteiger partial charge in [0.1, 0.15) is 11.8 Å². The number of anilines is 1. The number of carbonyl (C=O) groups excluding carboxylic acids is 2. The summed E-state index contributed by atoms with van der Waals surface area (Å²) in [5.41, 5.74) is 0.990. The molecule has 6 heteroatoms. The maximum Gasteiger partial charge on any atom is 0.255 e. The number of hydrogen-bond donors (Lipinski definition) is 2. The first-order chi connectivity index (χ1) is 11.7. The minimum Gasteiger partial charge on any atom is -0.368 e. The van der Waals surface area contributed by atoms with E-state index in [0.29, 0.717) is 12.2 Å². The molecule has 1 spiro atoms. The van der Waals surface area contributed by atoms with Gasteiger partial charge in [0.2, 0.25) is 0 Å². The minimum absolute atomic E-state index is 0.00324. The van der Waals surface area contributed by atoms with E-state index in [9.17, 15) is 9.59 Å². The summed E-state index contributed by atoms with van der Waals surface area (Å²) >= 11 is 0. The molecule has 0 radical (unpaired) electrons. The Morgan fingerprint density at radius 1 is 1.21 bits per heavy atom. The standard InChI is InChI=1S/C18H21N3O3/c22-16-12-4-1-2-5-13(12)19-18(20-16)10-11-7-8-15(18)21(11)17(23)14-6-3-9-24-14/h1-2,4-5,11,14-15,19H,3,6-10H2,(H,20,22)/t11-,14+,15-,18-/m1/s1. The number of benzene rings is 1. The molecule has 2 amide bonds. The fourth-order valence-electron chi connectivity index (χ4n) is 4.95. The largest absolute Gasteiger partial charge is 0.368 e. The smallest absolute Gasteiger partial charge is 0.255 e. The van der Waals surface area contributed by atoms with E-state index in [1.165, 1.54) is 0 Å². The quantitative estimate of drug-likeness (QED) is 0.820. The molecule has 0 aliphatic carbocycles. The van der Waals surface area contributed by atoms with Crippen molar-refractivity contribution in [3.8, 4) is 0 Å². The molecule has 4 aliphatic heterocycles. The summed E-state index contributed by atoms with van der Waals surface area (Å²) in [6.45, 7) is 0.674. The highest BCUT2D eigenvalue weighted by Crippen LogP contribution is 2.47. The molecule has 3 saturated heterocycles. The molecule has 4 heterocycles. The SMILES string of the molecule is O=C1N[C@@]2(C[C@H]3CC[C@H]2N3C(=O)[C@@H]2CCCO2)Nc2ccccc21. The lowest BCUT2D eigenvalue weighted by molar-refractivity contribution is -0.142. The molecule has 0 aromatic heterocycles. The average Bonchev–Trinajstić information content (AvgIpc) is 3.29. The fraction of sp³-hybridized carbons (Fsp3) is 0.556. The number of fused-ring (bicyclic) bond motifs is 4. The van der Waals surface area contributed by atoms with Gasteiger partial charge in [0.25, 0.3) is 11.8 Å². The highest BCUT2D eigenvalue weighted by molar-refractivity contribution is 6.02. The van der Waals surface area contributed by atoms with Crippen molar-refractivity contribution in [2.24, 2.45) is 0 Å². The van der Waals surface area contributed by atoms with Gasteiger partial charge < -0.3 is 20.3 Å². The third kappa shape index (κ3) is 1.86. The van der Waals surface area contributed by atoms with Crippen LogP contribution in [0.5, 0.6) is 0 Å². The van der Waals surface area contributed by atoms with Crippen LogP contribution in [0.2, 0.25) is 0 Å². The molecular weight excluding hydrogens is 306 g/mol. The van der Waals surface area contributed by atoms with E-state index in [4.69, 9.17) is 4.74 Å². The predicted molar refractivity (Wildman–Crippen MR) is 87.5 cm³/mol. The highest BCUT2D eigenvalue weighted by Gasteiger charge is 2.60. The first-order valence-corrected chi connectivity index (χ1v) is 8.81. The Labute approximate surface area is 140 Å². The van der Waals surface area contributed by atoms with Gasteiger partial charge in [-0.3, -0.25) is 9.59 Å². The molecule has 126 valence electrons. The first kappa shape index (κ1) is 14.3. The van der Waals surface area contributed by atoms with E-state index in [-0.39, 0.29) is 30.0 Å². The Bertz CT molecular complexity index is 715. The van der Waals surface area contributed by atoms with E-state index in [1.54, 1.807) is 0 Å². The summed E-state index contributed by atoms with van der Waals surface area (Å²) < 4.78 is 5.61. The third-order valence-electron chi connectivity index (χ3n) is 5.95. The molecule has 24 heavy (non-hydrogen) atoms. The van der Waals surface area contributed by atoms with E-state index >= 15 is 0 Å². The Hall–Kier alpha value is -2.08. The number of nitrogens with zero attached hydrogens (tertiary/aromatic N) is 1. The van der Waals surface area contributed by atoms with Crippen LogP contribution in [0.3, 0.4) is 0 Å². The van der Waals surface area contributed by atoms with Crippen molar-refractivity contribution in [3.05, 3.63) is 29.8 Å². The van der Waals surface area contributed by atoms with Gasteiger partial charge in [-0.05, 0) is 37.8 Å². The molecular formula is C18H21N3O3. The van der Waals surface area contributed by atoms with Gasteiger partial charge >= 0.3 is 0 Å². The molecule has 1 aromatic rings. The number of ether oxygens (including phenoxy) is 1. The van der Waals surface area contributed by atoms with E-state index < -0.39 is 5.66 Å². The van der Waals surface area contributed by atoms with Gasteiger partial charge in [-0.1, -0.05) is 12.1 Å². The Morgan fingerprint density at radius 3 is 2.92 bits per heavy atom. The maximum absolute atomic E-state index is 12.9. The summed E-state index contributed by atoms with van der Waals surface area (Å²) in [6.07, 6.45) is 4.14. The lowest BCUT2D eigenvalue weighted by Crippen LogP contribution is -2.64. The van der Waals surface area contributed by atoms with Gasteiger partial charge in [-0.2, -0.15) is 0 Å². The zero-order chi connectivity index (χ0) is 16.3. The number of nitrogens with one attached hydrogen (secondary N) is 2. The van der Waals surface area contributed by atoms with Crippen LogP contribution in [0.4, 0.5) is 5.69 Å². The monoisotopic (exact) mass is 327 g/mol. The fourth-order valence-corrected chi connectivity index (χ4v) is 4.95. The van der Waals surface area contributed by atoms with Gasteiger partial charge in [-0.25, -0.2) is 0 Å². The lowest BCUT2D eigenvalue weighted by atomic mass is 9.86. The van der Waals surface area contributed by atoms with Gasteiger partial charge in [0.15, 0.2) is 0 Å². The van der Waals surface area contributed by atoms with Crippen molar-refractivity contribution < 1.29 is 14.3 Å². The Balaban J connectivity index is 1.47. The Kier molecular flexibility index (Phi) is 2.95. The van der Waals surface area contributed by atoms with Crippen molar-refractivity contribution in [2.75, 3.05) is 11.9 Å². The first-order valence-electron chi connectivity index (χ1n) is 8.81. The van der Waals surface area contributed by atoms with Crippen LogP contribution < -0.4 is 10.6 Å². The minimum atomic E-state index is -0.539. The topological polar surface area (TPSA) is 70.7 Å². The average molecular weight is 327 g/mol. The second-order valence-electron chi connectivity index (χ2n) is 7.29. The zero-order valence-electron chi connectivity index (χ0n) is 13.5. The van der Waals surface area contributed by atoms with Crippen LogP contribution in [0.25, 0.3) is 0 Å². The number of carbonyl (C=O) groups is 2. The van der Waals surface area contributed by atoms with Gasteiger partial charge in [0.05, 0.1) is 11.6 Å². The zero-order valence-corrected chi connectivity index (χ0v) is 13.5. The van der Waals surface area contributed by atoms with Crippen molar-refractivity contribution in [3.63, 3.8) is 0 Å². The second kappa shape index (κ2) is 4.96. The van der Waals surface area contributed by atoms with Crippen molar-refractivity contribution >= 4 is 17.5 Å². The molecule has 0 unspecified atom stereocenters. The molecule has 4 aliphatic rings. The molecule has 0 saturated carbocycles. The molecule has 4 atom stereocenters. The molecule has 6 nitrogen and oxygen atoms in total. The number of hydrogen-bond acceptors (Lipinski definition) is 4. The number of para-hydroxylation sites is 1. The highest BCUT2D eigenvalue weighted by atomic mass is 16.5. The normalized spacial score (nSPS) is 36.6. The summed E-state index contributed by atoms with van der Waals surface area (Å²) in [6, 6.07) is 7.75. The van der Waals surface area contributed by atoms with Crippen LogP contribution in [-0.2, 0) is 9.53 Å². The predicted octanol–water partition coefficient (Wildman–Crippen LogP) is 1.48. The van der Waals surface area contributed by atoms with Crippen LogP contribution in [0, 0.1) is 0 Å². The summed E-state index contributed by atoms with van der Waals surface area (Å²) in [5, 5.41) is 6.71. The molecule has 1 aromatic carbocycles. The molecule has 2 N–H and O–H groups in total. The summed E-state index contributed by atoms with van der Waals surface area (Å²) in [7, 11) is 0.